The van der Waals surface area contributed by atoms with Crippen molar-refractivity contribution in [3.63, 3.8) is 0 Å². The van der Waals surface area contributed by atoms with Crippen LogP contribution in [0.5, 0.6) is 0 Å². The number of fused-ring (bicyclic) bond motifs is 1. The van der Waals surface area contributed by atoms with Gasteiger partial charge in [0.2, 0.25) is 0 Å². The highest BCUT2D eigenvalue weighted by Crippen LogP contribution is 2.31. The Morgan fingerprint density at radius 1 is 0.722 bits per heavy atom. The van der Waals surface area contributed by atoms with E-state index in [4.69, 9.17) is 0 Å². The zero-order chi connectivity index (χ0) is 24.6. The topological polar surface area (TPSA) is 48.8 Å². The third-order valence-corrected chi connectivity index (χ3v) is 7.61. The Labute approximate surface area is 211 Å². The lowest BCUT2D eigenvalue weighted by molar-refractivity contribution is 0.00854. The number of nitrogens with zero attached hydrogens (tertiary/aromatic N) is 4. The van der Waals surface area contributed by atoms with E-state index in [-0.39, 0.29) is 11.8 Å². The lowest BCUT2D eigenvalue weighted by atomic mass is 10.0. The number of piperazine rings is 1. The lowest BCUT2D eigenvalue weighted by Crippen LogP contribution is -2.64. The summed E-state index contributed by atoms with van der Waals surface area (Å²) >= 11 is 0. The molecule has 2 aliphatic heterocycles. The molecule has 2 fully saturated rings. The monoisotopic (exact) mass is 478 g/mol. The third-order valence-electron chi connectivity index (χ3n) is 7.61. The van der Waals surface area contributed by atoms with E-state index < -0.39 is 0 Å². The number of hydrogen-bond donors (Lipinski definition) is 0. The fourth-order valence-electron chi connectivity index (χ4n) is 5.45. The second-order valence-electron chi connectivity index (χ2n) is 9.81. The third kappa shape index (κ3) is 4.07. The molecular formula is C30H30N4O2. The first kappa shape index (κ1) is 22.6. The van der Waals surface area contributed by atoms with Crippen LogP contribution in [0, 0.1) is 0 Å². The number of likely N-dealkylation sites (tertiary alicyclic amines) is 1. The predicted octanol–water partition coefficient (Wildman–Crippen LogP) is 4.13. The van der Waals surface area contributed by atoms with Crippen molar-refractivity contribution in [3.8, 4) is 11.1 Å². The number of carbonyl (C=O) groups excluding carboxylic acids is 2. The Morgan fingerprint density at radius 3 is 2.06 bits per heavy atom. The van der Waals surface area contributed by atoms with E-state index in [0.717, 1.165) is 61.3 Å². The van der Waals surface area contributed by atoms with Gasteiger partial charge in [-0.05, 0) is 29.8 Å². The van der Waals surface area contributed by atoms with E-state index in [1.807, 2.05) is 77.5 Å². The highest BCUT2D eigenvalue weighted by molar-refractivity contribution is 6.02. The quantitative estimate of drug-likeness (QED) is 0.443. The Morgan fingerprint density at radius 2 is 1.36 bits per heavy atom. The van der Waals surface area contributed by atoms with E-state index >= 15 is 0 Å². The van der Waals surface area contributed by atoms with Crippen LogP contribution in [0.25, 0.3) is 22.0 Å². The molecule has 0 unspecified atom stereocenters. The van der Waals surface area contributed by atoms with Crippen LogP contribution in [-0.2, 0) is 7.05 Å². The average molecular weight is 479 g/mol. The molecule has 0 atom stereocenters. The molecule has 0 radical (unpaired) electrons. The van der Waals surface area contributed by atoms with Crippen molar-refractivity contribution in [1.82, 2.24) is 19.3 Å². The number of hydrogen-bond acceptors (Lipinski definition) is 3. The Kier molecular flexibility index (Phi) is 5.82. The number of carbonyl (C=O) groups is 2. The van der Waals surface area contributed by atoms with Gasteiger partial charge in [0.15, 0.2) is 0 Å². The summed E-state index contributed by atoms with van der Waals surface area (Å²) in [5, 5.41) is 1.16. The minimum atomic E-state index is 0.0912. The summed E-state index contributed by atoms with van der Waals surface area (Å²) in [5.74, 6) is 0.195. The van der Waals surface area contributed by atoms with Gasteiger partial charge in [0, 0.05) is 86.1 Å². The summed E-state index contributed by atoms with van der Waals surface area (Å²) in [6, 6.07) is 26.3. The lowest BCUT2D eigenvalue weighted by Gasteiger charge is -2.48. The van der Waals surface area contributed by atoms with Gasteiger partial charge in [-0.15, -0.1) is 0 Å². The number of aromatic nitrogens is 1. The highest BCUT2D eigenvalue weighted by atomic mass is 16.2. The predicted molar refractivity (Wildman–Crippen MR) is 142 cm³/mol. The summed E-state index contributed by atoms with van der Waals surface area (Å²) < 4.78 is 2.10. The molecule has 0 saturated carbocycles. The SMILES string of the molecule is Cn1cc(-c2ccccc2)c2ccc(C(=O)N3CC(N4CCN(C(=O)c5ccccc5)CC4)C3)cc21. The first-order chi connectivity index (χ1) is 17.6. The first-order valence-corrected chi connectivity index (χ1v) is 12.6. The van der Waals surface area contributed by atoms with Gasteiger partial charge >= 0.3 is 0 Å². The van der Waals surface area contributed by atoms with Crippen LogP contribution in [0.4, 0.5) is 0 Å². The van der Waals surface area contributed by atoms with Crippen LogP contribution < -0.4 is 0 Å². The molecule has 36 heavy (non-hydrogen) atoms. The molecule has 4 aromatic rings. The molecule has 0 spiro atoms. The van der Waals surface area contributed by atoms with Crippen molar-refractivity contribution in [2.75, 3.05) is 39.3 Å². The molecule has 2 saturated heterocycles. The van der Waals surface area contributed by atoms with E-state index in [2.05, 4.69) is 33.9 Å². The van der Waals surface area contributed by atoms with Crippen LogP contribution >= 0.6 is 0 Å². The Balaban J connectivity index is 1.07. The number of aryl methyl sites for hydroxylation is 1. The Hall–Kier alpha value is -3.90. The number of benzene rings is 3. The van der Waals surface area contributed by atoms with Gasteiger partial charge < -0.3 is 14.4 Å². The van der Waals surface area contributed by atoms with Crippen LogP contribution in [0.2, 0.25) is 0 Å². The minimum absolute atomic E-state index is 0.0912. The van der Waals surface area contributed by atoms with Crippen LogP contribution in [0.1, 0.15) is 20.7 Å². The maximum atomic E-state index is 13.2. The molecule has 0 N–H and O–H groups in total. The molecule has 6 heteroatoms. The average Bonchev–Trinajstić information content (AvgIpc) is 3.24. The van der Waals surface area contributed by atoms with E-state index in [9.17, 15) is 9.59 Å². The largest absolute Gasteiger partial charge is 0.350 e. The van der Waals surface area contributed by atoms with Crippen molar-refractivity contribution in [2.45, 2.75) is 6.04 Å². The second kappa shape index (κ2) is 9.28. The van der Waals surface area contributed by atoms with Gasteiger partial charge in [-0.3, -0.25) is 14.5 Å². The zero-order valence-corrected chi connectivity index (χ0v) is 20.5. The zero-order valence-electron chi connectivity index (χ0n) is 20.5. The summed E-state index contributed by atoms with van der Waals surface area (Å²) in [7, 11) is 2.03. The fourth-order valence-corrected chi connectivity index (χ4v) is 5.45. The molecule has 2 aliphatic rings. The molecule has 3 aromatic carbocycles. The van der Waals surface area contributed by atoms with Gasteiger partial charge in [0.05, 0.1) is 0 Å². The Bertz CT molecular complexity index is 1400. The van der Waals surface area contributed by atoms with Gasteiger partial charge in [0.1, 0.15) is 0 Å². The standard InChI is InChI=1S/C30H30N4O2/c1-31-21-27(22-8-4-2-5-9-22)26-13-12-24(18-28(26)31)30(36)34-19-25(20-34)32-14-16-33(17-15-32)29(35)23-10-6-3-7-11-23/h2-13,18,21,25H,14-17,19-20H2,1H3. The van der Waals surface area contributed by atoms with Crippen molar-refractivity contribution < 1.29 is 9.59 Å². The van der Waals surface area contributed by atoms with Crippen molar-refractivity contribution in [3.05, 3.63) is 96.2 Å². The number of rotatable bonds is 4. The van der Waals surface area contributed by atoms with Crippen molar-refractivity contribution in [2.24, 2.45) is 7.05 Å². The molecule has 0 aliphatic carbocycles. The maximum Gasteiger partial charge on any atom is 0.254 e. The molecule has 6 rings (SSSR count). The molecule has 1 aromatic heterocycles. The van der Waals surface area contributed by atoms with Crippen molar-refractivity contribution in [1.29, 1.82) is 0 Å². The van der Waals surface area contributed by atoms with Gasteiger partial charge in [0.25, 0.3) is 11.8 Å². The fraction of sp³-hybridized carbons (Fsp3) is 0.267. The normalized spacial score (nSPS) is 16.8. The summed E-state index contributed by atoms with van der Waals surface area (Å²) in [6.45, 7) is 4.64. The maximum absolute atomic E-state index is 13.2. The minimum Gasteiger partial charge on any atom is -0.350 e. The highest BCUT2D eigenvalue weighted by Gasteiger charge is 2.37. The van der Waals surface area contributed by atoms with E-state index in [1.54, 1.807) is 0 Å². The van der Waals surface area contributed by atoms with Gasteiger partial charge in [-0.25, -0.2) is 0 Å². The van der Waals surface area contributed by atoms with Crippen molar-refractivity contribution >= 4 is 22.7 Å². The first-order valence-electron chi connectivity index (χ1n) is 12.6. The van der Waals surface area contributed by atoms with E-state index in [0.29, 0.717) is 6.04 Å². The number of amides is 2. The molecule has 182 valence electrons. The van der Waals surface area contributed by atoms with Gasteiger partial charge in [-0.2, -0.15) is 0 Å². The van der Waals surface area contributed by atoms with E-state index in [1.165, 1.54) is 11.1 Å². The molecule has 6 nitrogen and oxygen atoms in total. The molecule has 2 amide bonds. The van der Waals surface area contributed by atoms with Crippen LogP contribution in [-0.4, -0.2) is 76.4 Å². The van der Waals surface area contributed by atoms with Gasteiger partial charge in [-0.1, -0.05) is 54.6 Å². The molecule has 0 bridgehead atoms. The smallest absolute Gasteiger partial charge is 0.254 e. The summed E-state index contributed by atoms with van der Waals surface area (Å²) in [6.07, 6.45) is 2.14. The molecule has 3 heterocycles. The van der Waals surface area contributed by atoms with Crippen LogP contribution in [0.3, 0.4) is 0 Å². The second-order valence-corrected chi connectivity index (χ2v) is 9.81. The summed E-state index contributed by atoms with van der Waals surface area (Å²) in [5.41, 5.74) is 4.91. The van der Waals surface area contributed by atoms with Crippen LogP contribution in [0.15, 0.2) is 85.1 Å². The molecular weight excluding hydrogens is 448 g/mol. The summed E-state index contributed by atoms with van der Waals surface area (Å²) in [4.78, 5) is 32.2.